The summed E-state index contributed by atoms with van der Waals surface area (Å²) in [5.41, 5.74) is 0.756. The third-order valence-electron chi connectivity index (χ3n) is 3.61. The fourth-order valence-electron chi connectivity index (χ4n) is 2.24. The lowest BCUT2D eigenvalue weighted by Crippen LogP contribution is -2.09. The Morgan fingerprint density at radius 2 is 1.75 bits per heavy atom. The van der Waals surface area contributed by atoms with Crippen molar-refractivity contribution in [3.05, 3.63) is 59.7 Å². The van der Waals surface area contributed by atoms with E-state index in [0.29, 0.717) is 24.0 Å². The van der Waals surface area contributed by atoms with Gasteiger partial charge in [0, 0.05) is 0 Å². The number of carbonyl (C=O) groups is 2. The molecule has 2 aromatic rings. The second-order valence-electron chi connectivity index (χ2n) is 5.48. The van der Waals surface area contributed by atoms with E-state index in [-0.39, 0.29) is 5.75 Å². The number of para-hydroxylation sites is 1. The number of rotatable bonds is 9. The molecule has 0 aliphatic heterocycles. The second kappa shape index (κ2) is 9.50. The van der Waals surface area contributed by atoms with Crippen LogP contribution in [0.3, 0.4) is 0 Å². The maximum absolute atomic E-state index is 12.1. The molecule has 0 spiro atoms. The van der Waals surface area contributed by atoms with Crippen LogP contribution in [0.5, 0.6) is 11.5 Å². The van der Waals surface area contributed by atoms with Gasteiger partial charge in [0.15, 0.2) is 6.29 Å². The van der Waals surface area contributed by atoms with Crippen molar-refractivity contribution in [2.45, 2.75) is 32.6 Å². The predicted molar refractivity (Wildman–Crippen MR) is 92.9 cm³/mol. The Kier molecular flexibility index (Phi) is 7.02. The lowest BCUT2D eigenvalue weighted by atomic mass is 10.2. The highest BCUT2D eigenvalue weighted by Crippen LogP contribution is 2.19. The molecule has 0 aliphatic carbocycles. The Labute approximate surface area is 142 Å². The van der Waals surface area contributed by atoms with Gasteiger partial charge in [-0.25, -0.2) is 4.79 Å². The Morgan fingerprint density at radius 1 is 1.00 bits per heavy atom. The zero-order chi connectivity index (χ0) is 17.2. The molecule has 0 fully saturated rings. The fourth-order valence-corrected chi connectivity index (χ4v) is 2.24. The van der Waals surface area contributed by atoms with E-state index in [9.17, 15) is 9.59 Å². The van der Waals surface area contributed by atoms with Crippen LogP contribution in [0.1, 0.15) is 53.3 Å². The van der Waals surface area contributed by atoms with Crippen LogP contribution in [-0.2, 0) is 0 Å². The zero-order valence-electron chi connectivity index (χ0n) is 13.9. The van der Waals surface area contributed by atoms with Gasteiger partial charge in [-0.2, -0.15) is 0 Å². The van der Waals surface area contributed by atoms with Gasteiger partial charge >= 0.3 is 5.97 Å². The molecule has 24 heavy (non-hydrogen) atoms. The van der Waals surface area contributed by atoms with Crippen molar-refractivity contribution in [3.63, 3.8) is 0 Å². The summed E-state index contributed by atoms with van der Waals surface area (Å²) in [6.45, 7) is 2.85. The van der Waals surface area contributed by atoms with Gasteiger partial charge < -0.3 is 9.47 Å². The first kappa shape index (κ1) is 17.7. The van der Waals surface area contributed by atoms with Crippen LogP contribution in [-0.4, -0.2) is 18.9 Å². The van der Waals surface area contributed by atoms with Crippen LogP contribution in [0.15, 0.2) is 48.5 Å². The summed E-state index contributed by atoms with van der Waals surface area (Å²) in [5.74, 6) is 0.490. The van der Waals surface area contributed by atoms with Gasteiger partial charge in [-0.15, -0.1) is 0 Å². The molecule has 0 heterocycles. The van der Waals surface area contributed by atoms with E-state index < -0.39 is 5.97 Å². The zero-order valence-corrected chi connectivity index (χ0v) is 13.9. The van der Waals surface area contributed by atoms with Crippen LogP contribution >= 0.6 is 0 Å². The van der Waals surface area contributed by atoms with Crippen LogP contribution in [0.25, 0.3) is 0 Å². The van der Waals surface area contributed by atoms with Gasteiger partial charge in [-0.05, 0) is 42.8 Å². The molecule has 0 N–H and O–H groups in total. The molecule has 0 saturated carbocycles. The molecule has 0 aliphatic rings. The van der Waals surface area contributed by atoms with Crippen LogP contribution in [0.2, 0.25) is 0 Å². The third kappa shape index (κ3) is 5.23. The number of carbonyl (C=O) groups excluding carboxylic acids is 2. The average Bonchev–Trinajstić information content (AvgIpc) is 2.62. The molecule has 2 aromatic carbocycles. The van der Waals surface area contributed by atoms with E-state index in [4.69, 9.17) is 9.47 Å². The quantitative estimate of drug-likeness (QED) is 0.291. The lowest BCUT2D eigenvalue weighted by molar-refractivity contribution is 0.0733. The van der Waals surface area contributed by atoms with Gasteiger partial charge in [0.2, 0.25) is 0 Å². The van der Waals surface area contributed by atoms with E-state index in [1.807, 2.05) is 0 Å². The monoisotopic (exact) mass is 326 g/mol. The van der Waals surface area contributed by atoms with Crippen molar-refractivity contribution in [2.75, 3.05) is 6.61 Å². The topological polar surface area (TPSA) is 52.6 Å². The van der Waals surface area contributed by atoms with Gasteiger partial charge in [-0.3, -0.25) is 4.79 Å². The molecule has 0 aromatic heterocycles. The maximum atomic E-state index is 12.1. The van der Waals surface area contributed by atoms with Crippen molar-refractivity contribution >= 4 is 12.3 Å². The highest BCUT2D eigenvalue weighted by Gasteiger charge is 2.11. The molecule has 0 atom stereocenters. The van der Waals surface area contributed by atoms with E-state index in [2.05, 4.69) is 6.92 Å². The minimum Gasteiger partial charge on any atom is -0.494 e. The van der Waals surface area contributed by atoms with Crippen molar-refractivity contribution in [1.29, 1.82) is 0 Å². The molecule has 2 rings (SSSR count). The SMILES string of the molecule is CCCCCCOc1ccc(C(=O)Oc2ccccc2C=O)cc1. The molecule has 0 radical (unpaired) electrons. The fraction of sp³-hybridized carbons (Fsp3) is 0.300. The van der Waals surface area contributed by atoms with Crippen molar-refractivity contribution < 1.29 is 19.1 Å². The molecule has 4 heteroatoms. The summed E-state index contributed by atoms with van der Waals surface area (Å²) in [6.07, 6.45) is 5.27. The summed E-state index contributed by atoms with van der Waals surface area (Å²) >= 11 is 0. The lowest BCUT2D eigenvalue weighted by Gasteiger charge is -2.08. The smallest absolute Gasteiger partial charge is 0.343 e. The number of hydrogen-bond donors (Lipinski definition) is 0. The summed E-state index contributed by atoms with van der Waals surface area (Å²) in [4.78, 5) is 23.1. The van der Waals surface area contributed by atoms with E-state index >= 15 is 0 Å². The highest BCUT2D eigenvalue weighted by molar-refractivity contribution is 5.92. The normalized spacial score (nSPS) is 10.2. The molecule has 0 bridgehead atoms. The van der Waals surface area contributed by atoms with E-state index in [1.165, 1.54) is 12.8 Å². The number of benzene rings is 2. The number of unbranched alkanes of at least 4 members (excludes halogenated alkanes) is 3. The molecule has 0 amide bonds. The molecular formula is C20H22O4. The predicted octanol–water partition coefficient (Wildman–Crippen LogP) is 4.68. The average molecular weight is 326 g/mol. The van der Waals surface area contributed by atoms with Crippen molar-refractivity contribution in [3.8, 4) is 11.5 Å². The molecule has 4 nitrogen and oxygen atoms in total. The van der Waals surface area contributed by atoms with Crippen molar-refractivity contribution in [2.24, 2.45) is 0 Å². The summed E-state index contributed by atoms with van der Waals surface area (Å²) in [6, 6.07) is 13.4. The number of esters is 1. The molecule has 0 unspecified atom stereocenters. The Balaban J connectivity index is 1.90. The molecular weight excluding hydrogens is 304 g/mol. The Bertz CT molecular complexity index is 662. The number of aldehydes is 1. The molecule has 0 saturated heterocycles. The summed E-state index contributed by atoms with van der Waals surface area (Å²) in [7, 11) is 0. The second-order valence-corrected chi connectivity index (χ2v) is 5.48. The minimum absolute atomic E-state index is 0.258. The van der Waals surface area contributed by atoms with Gasteiger partial charge in [0.05, 0.1) is 17.7 Å². The largest absolute Gasteiger partial charge is 0.494 e. The Morgan fingerprint density at radius 3 is 2.46 bits per heavy atom. The molecule has 126 valence electrons. The minimum atomic E-state index is -0.501. The number of ether oxygens (including phenoxy) is 2. The summed E-state index contributed by atoms with van der Waals surface area (Å²) < 4.78 is 10.9. The third-order valence-corrected chi connectivity index (χ3v) is 3.61. The maximum Gasteiger partial charge on any atom is 0.343 e. The van der Waals surface area contributed by atoms with Crippen LogP contribution in [0.4, 0.5) is 0 Å². The first-order chi connectivity index (χ1) is 11.7. The van der Waals surface area contributed by atoms with E-state index in [1.54, 1.807) is 48.5 Å². The van der Waals surface area contributed by atoms with E-state index in [0.717, 1.165) is 18.6 Å². The first-order valence-corrected chi connectivity index (χ1v) is 8.24. The van der Waals surface area contributed by atoms with Crippen LogP contribution < -0.4 is 9.47 Å². The van der Waals surface area contributed by atoms with Gasteiger partial charge in [-0.1, -0.05) is 38.3 Å². The van der Waals surface area contributed by atoms with Crippen LogP contribution in [0, 0.1) is 0 Å². The number of hydrogen-bond acceptors (Lipinski definition) is 4. The Hall–Kier alpha value is -2.62. The summed E-state index contributed by atoms with van der Waals surface area (Å²) in [5, 5.41) is 0. The van der Waals surface area contributed by atoms with Crippen molar-refractivity contribution in [1.82, 2.24) is 0 Å². The standard InChI is InChI=1S/C20H22O4/c1-2-3-4-7-14-23-18-12-10-16(11-13-18)20(22)24-19-9-6-5-8-17(19)15-21/h5-6,8-13,15H,2-4,7,14H2,1H3. The first-order valence-electron chi connectivity index (χ1n) is 8.24. The van der Waals surface area contributed by atoms with Gasteiger partial charge in [0.25, 0.3) is 0 Å². The highest BCUT2D eigenvalue weighted by atomic mass is 16.5. The van der Waals surface area contributed by atoms with Gasteiger partial charge in [0.1, 0.15) is 11.5 Å².